The molecule has 1 fully saturated rings. The number of imide groups is 2. The van der Waals surface area contributed by atoms with Crippen LogP contribution in [0.3, 0.4) is 0 Å². The van der Waals surface area contributed by atoms with Crippen LogP contribution in [0.25, 0.3) is 6.08 Å². The standard InChI is InChI=1S/C20H15Cl2IN2O5/c1-2-29-16-8-11(5-12-18(26)24-20(28)25-19(12)27)7-15(23)17(16)30-9-10-3-4-13(21)14(22)6-10/h3-8H,2,9H2,1H3,(H2,24,25,26,27,28). The molecular formula is C20H15Cl2IN2O5. The van der Waals surface area contributed by atoms with Gasteiger partial charge in [0.05, 0.1) is 20.2 Å². The second-order valence-corrected chi connectivity index (χ2v) is 8.07. The second kappa shape index (κ2) is 9.67. The molecule has 156 valence electrons. The Labute approximate surface area is 195 Å². The van der Waals surface area contributed by atoms with E-state index in [1.165, 1.54) is 6.08 Å². The smallest absolute Gasteiger partial charge is 0.328 e. The Balaban J connectivity index is 1.89. The van der Waals surface area contributed by atoms with Crippen LogP contribution in [0.15, 0.2) is 35.9 Å². The van der Waals surface area contributed by atoms with Crippen molar-refractivity contribution in [3.8, 4) is 11.5 Å². The van der Waals surface area contributed by atoms with Gasteiger partial charge in [0.1, 0.15) is 12.2 Å². The van der Waals surface area contributed by atoms with Crippen molar-refractivity contribution in [2.75, 3.05) is 6.61 Å². The Hall–Kier alpha value is -2.30. The first-order valence-electron chi connectivity index (χ1n) is 8.70. The monoisotopic (exact) mass is 560 g/mol. The van der Waals surface area contributed by atoms with Gasteiger partial charge in [0.15, 0.2) is 11.5 Å². The molecule has 0 aliphatic carbocycles. The summed E-state index contributed by atoms with van der Waals surface area (Å²) in [5, 5.41) is 4.96. The number of rotatable bonds is 6. The molecule has 2 aromatic rings. The molecule has 0 aromatic heterocycles. The molecule has 1 aliphatic rings. The summed E-state index contributed by atoms with van der Waals surface area (Å²) < 4.78 is 12.3. The van der Waals surface area contributed by atoms with Crippen molar-refractivity contribution in [2.24, 2.45) is 0 Å². The van der Waals surface area contributed by atoms with Crippen molar-refractivity contribution >= 4 is 69.7 Å². The SMILES string of the molecule is CCOc1cc(C=C2C(=O)NC(=O)NC2=O)cc(I)c1OCc1ccc(Cl)c(Cl)c1. The molecule has 10 heteroatoms. The zero-order chi connectivity index (χ0) is 21.8. The summed E-state index contributed by atoms with van der Waals surface area (Å²) in [5.74, 6) is -0.573. The molecular weight excluding hydrogens is 546 g/mol. The van der Waals surface area contributed by atoms with E-state index in [0.717, 1.165) is 5.56 Å². The molecule has 1 aliphatic heterocycles. The van der Waals surface area contributed by atoms with E-state index in [4.69, 9.17) is 32.7 Å². The molecule has 0 bridgehead atoms. The van der Waals surface area contributed by atoms with Crippen molar-refractivity contribution in [1.29, 1.82) is 0 Å². The quantitative estimate of drug-likeness (QED) is 0.312. The van der Waals surface area contributed by atoms with Crippen LogP contribution >= 0.6 is 45.8 Å². The maximum atomic E-state index is 12.0. The molecule has 3 rings (SSSR count). The number of benzene rings is 2. The summed E-state index contributed by atoms with van der Waals surface area (Å²) in [4.78, 5) is 35.1. The fraction of sp³-hybridized carbons (Fsp3) is 0.150. The minimum atomic E-state index is -0.849. The van der Waals surface area contributed by atoms with Crippen molar-refractivity contribution < 1.29 is 23.9 Å². The van der Waals surface area contributed by atoms with Crippen LogP contribution in [-0.4, -0.2) is 24.5 Å². The minimum absolute atomic E-state index is 0.183. The predicted molar refractivity (Wildman–Crippen MR) is 121 cm³/mol. The maximum absolute atomic E-state index is 12.0. The summed E-state index contributed by atoms with van der Waals surface area (Å²) in [5.41, 5.74) is 1.19. The molecule has 0 atom stereocenters. The molecule has 1 saturated heterocycles. The normalized spacial score (nSPS) is 13.6. The van der Waals surface area contributed by atoms with Crippen LogP contribution in [0.2, 0.25) is 10.0 Å². The van der Waals surface area contributed by atoms with Crippen LogP contribution in [0.5, 0.6) is 11.5 Å². The van der Waals surface area contributed by atoms with Crippen LogP contribution in [-0.2, 0) is 16.2 Å². The van der Waals surface area contributed by atoms with E-state index in [9.17, 15) is 14.4 Å². The molecule has 0 spiro atoms. The Morgan fingerprint density at radius 3 is 2.33 bits per heavy atom. The fourth-order valence-corrected chi connectivity index (χ4v) is 3.73. The van der Waals surface area contributed by atoms with Gasteiger partial charge in [-0.1, -0.05) is 29.3 Å². The molecule has 0 radical (unpaired) electrons. The number of hydrogen-bond donors (Lipinski definition) is 2. The van der Waals surface area contributed by atoms with E-state index in [1.54, 1.807) is 24.3 Å². The Morgan fingerprint density at radius 2 is 1.70 bits per heavy atom. The van der Waals surface area contributed by atoms with Gasteiger partial charge < -0.3 is 9.47 Å². The lowest BCUT2D eigenvalue weighted by atomic mass is 10.1. The molecule has 7 nitrogen and oxygen atoms in total. The average Bonchev–Trinajstić information content (AvgIpc) is 2.67. The first-order chi connectivity index (χ1) is 14.3. The molecule has 2 N–H and O–H groups in total. The third kappa shape index (κ3) is 5.24. The molecule has 30 heavy (non-hydrogen) atoms. The first kappa shape index (κ1) is 22.4. The van der Waals surface area contributed by atoms with Crippen LogP contribution in [0, 0.1) is 3.57 Å². The van der Waals surface area contributed by atoms with E-state index in [-0.39, 0.29) is 12.2 Å². The highest BCUT2D eigenvalue weighted by Gasteiger charge is 2.28. The van der Waals surface area contributed by atoms with Crippen molar-refractivity contribution in [3.05, 3.63) is 60.6 Å². The van der Waals surface area contributed by atoms with E-state index in [2.05, 4.69) is 22.6 Å². The highest BCUT2D eigenvalue weighted by Crippen LogP contribution is 2.36. The number of amides is 4. The average molecular weight is 561 g/mol. The van der Waals surface area contributed by atoms with Gasteiger partial charge in [-0.15, -0.1) is 0 Å². The van der Waals surface area contributed by atoms with Gasteiger partial charge in [0.2, 0.25) is 0 Å². The van der Waals surface area contributed by atoms with Gasteiger partial charge in [0.25, 0.3) is 11.8 Å². The number of halogens is 3. The van der Waals surface area contributed by atoms with Gasteiger partial charge in [-0.25, -0.2) is 4.79 Å². The summed E-state index contributed by atoms with van der Waals surface area (Å²) >= 11 is 14.1. The minimum Gasteiger partial charge on any atom is -0.490 e. The number of carbonyl (C=O) groups excluding carboxylic acids is 3. The van der Waals surface area contributed by atoms with Gasteiger partial charge in [-0.3, -0.25) is 20.2 Å². The number of ether oxygens (including phenoxy) is 2. The van der Waals surface area contributed by atoms with Crippen molar-refractivity contribution in [3.63, 3.8) is 0 Å². The molecule has 0 unspecified atom stereocenters. The van der Waals surface area contributed by atoms with Crippen molar-refractivity contribution in [2.45, 2.75) is 13.5 Å². The van der Waals surface area contributed by atoms with Gasteiger partial charge >= 0.3 is 6.03 Å². The number of carbonyl (C=O) groups is 3. The Kier molecular flexibility index (Phi) is 7.22. The van der Waals surface area contributed by atoms with Crippen molar-refractivity contribution in [1.82, 2.24) is 10.6 Å². The third-order valence-electron chi connectivity index (χ3n) is 3.95. The number of hydrogen-bond acceptors (Lipinski definition) is 5. The summed E-state index contributed by atoms with van der Waals surface area (Å²) in [6.45, 7) is 2.45. The largest absolute Gasteiger partial charge is 0.490 e. The van der Waals surface area contributed by atoms with Gasteiger partial charge in [0, 0.05) is 0 Å². The molecule has 1 heterocycles. The van der Waals surface area contributed by atoms with E-state index in [1.807, 2.05) is 23.6 Å². The lowest BCUT2D eigenvalue weighted by molar-refractivity contribution is -0.123. The summed E-state index contributed by atoms with van der Waals surface area (Å²) in [7, 11) is 0. The second-order valence-electron chi connectivity index (χ2n) is 6.10. The molecule has 2 aromatic carbocycles. The number of nitrogens with one attached hydrogen (secondary N) is 2. The van der Waals surface area contributed by atoms with Crippen LogP contribution in [0.1, 0.15) is 18.1 Å². The van der Waals surface area contributed by atoms with Crippen LogP contribution < -0.4 is 20.1 Å². The predicted octanol–water partition coefficient (Wildman–Crippen LogP) is 4.33. The number of urea groups is 1. The first-order valence-corrected chi connectivity index (χ1v) is 10.5. The Bertz CT molecular complexity index is 1050. The van der Waals surface area contributed by atoms with Gasteiger partial charge in [-0.2, -0.15) is 0 Å². The highest BCUT2D eigenvalue weighted by molar-refractivity contribution is 14.1. The van der Waals surface area contributed by atoms with E-state index in [0.29, 0.717) is 37.3 Å². The zero-order valence-corrected chi connectivity index (χ0v) is 19.2. The number of barbiturate groups is 1. The van der Waals surface area contributed by atoms with E-state index >= 15 is 0 Å². The fourth-order valence-electron chi connectivity index (χ4n) is 2.63. The maximum Gasteiger partial charge on any atom is 0.328 e. The topological polar surface area (TPSA) is 93.7 Å². The van der Waals surface area contributed by atoms with Crippen LogP contribution in [0.4, 0.5) is 4.79 Å². The van der Waals surface area contributed by atoms with E-state index < -0.39 is 17.8 Å². The highest BCUT2D eigenvalue weighted by atomic mass is 127. The zero-order valence-electron chi connectivity index (χ0n) is 15.6. The lowest BCUT2D eigenvalue weighted by Gasteiger charge is -2.16. The van der Waals surface area contributed by atoms with Gasteiger partial charge in [-0.05, 0) is 71.0 Å². The summed E-state index contributed by atoms with van der Waals surface area (Å²) in [6.07, 6.45) is 1.38. The Morgan fingerprint density at radius 1 is 1.00 bits per heavy atom. The summed E-state index contributed by atoms with van der Waals surface area (Å²) in [6, 6.07) is 7.76. The molecule has 0 saturated carbocycles. The molecule has 4 amide bonds. The third-order valence-corrected chi connectivity index (χ3v) is 5.49. The lowest BCUT2D eigenvalue weighted by Crippen LogP contribution is -2.51.